The van der Waals surface area contributed by atoms with E-state index < -0.39 is 0 Å². The SMILES string of the molecule is O=C(COc1nsnc1N1CCCCC1)Nc1ccc(Br)cc1. The predicted octanol–water partition coefficient (Wildman–Crippen LogP) is 3.31. The lowest BCUT2D eigenvalue weighted by molar-refractivity contribution is -0.118. The van der Waals surface area contributed by atoms with Crippen LogP contribution in [0.5, 0.6) is 5.88 Å². The molecule has 8 heteroatoms. The number of halogens is 1. The molecule has 1 aromatic heterocycles. The van der Waals surface area contributed by atoms with E-state index in [0.29, 0.717) is 5.88 Å². The van der Waals surface area contributed by atoms with E-state index in [1.807, 2.05) is 24.3 Å². The summed E-state index contributed by atoms with van der Waals surface area (Å²) in [7, 11) is 0. The minimum absolute atomic E-state index is 0.0810. The van der Waals surface area contributed by atoms with Gasteiger partial charge in [-0.2, -0.15) is 4.37 Å². The van der Waals surface area contributed by atoms with Crippen LogP contribution in [0.4, 0.5) is 11.5 Å². The molecule has 0 aliphatic carbocycles. The third kappa shape index (κ3) is 4.42. The first-order chi connectivity index (χ1) is 11.2. The maximum absolute atomic E-state index is 12.0. The van der Waals surface area contributed by atoms with Gasteiger partial charge in [0.2, 0.25) is 5.82 Å². The number of benzene rings is 1. The van der Waals surface area contributed by atoms with Crippen molar-refractivity contribution in [2.75, 3.05) is 29.9 Å². The van der Waals surface area contributed by atoms with Gasteiger partial charge in [-0.25, -0.2) is 0 Å². The summed E-state index contributed by atoms with van der Waals surface area (Å²) < 4.78 is 15.0. The van der Waals surface area contributed by atoms with Crippen LogP contribution in [0.25, 0.3) is 0 Å². The number of nitrogens with zero attached hydrogens (tertiary/aromatic N) is 3. The van der Waals surface area contributed by atoms with E-state index in [0.717, 1.165) is 53.6 Å². The molecule has 122 valence electrons. The summed E-state index contributed by atoms with van der Waals surface area (Å²) in [6.07, 6.45) is 3.56. The van der Waals surface area contributed by atoms with Gasteiger partial charge in [-0.15, -0.1) is 4.37 Å². The summed E-state index contributed by atoms with van der Waals surface area (Å²) in [6, 6.07) is 7.39. The van der Waals surface area contributed by atoms with E-state index in [2.05, 4.69) is 34.9 Å². The number of rotatable bonds is 5. The molecule has 6 nitrogen and oxygen atoms in total. The third-order valence-corrected chi connectivity index (χ3v) is 4.60. The zero-order chi connectivity index (χ0) is 16.1. The summed E-state index contributed by atoms with van der Waals surface area (Å²) in [6.45, 7) is 1.85. The Morgan fingerprint density at radius 1 is 1.22 bits per heavy atom. The normalized spacial score (nSPS) is 14.6. The highest BCUT2D eigenvalue weighted by atomic mass is 79.9. The molecule has 1 N–H and O–H groups in total. The topological polar surface area (TPSA) is 67.3 Å². The summed E-state index contributed by atoms with van der Waals surface area (Å²) in [5, 5.41) is 2.79. The lowest BCUT2D eigenvalue weighted by Crippen LogP contribution is -2.30. The van der Waals surface area contributed by atoms with Gasteiger partial charge in [-0.3, -0.25) is 4.79 Å². The van der Waals surface area contributed by atoms with Crippen molar-refractivity contribution in [3.05, 3.63) is 28.7 Å². The maximum atomic E-state index is 12.0. The van der Waals surface area contributed by atoms with Crippen molar-refractivity contribution in [2.24, 2.45) is 0 Å². The van der Waals surface area contributed by atoms with Gasteiger partial charge in [0.15, 0.2) is 6.61 Å². The Morgan fingerprint density at radius 2 is 1.96 bits per heavy atom. The molecule has 0 atom stereocenters. The molecular formula is C15H17BrN4O2S. The molecule has 2 heterocycles. The van der Waals surface area contributed by atoms with Gasteiger partial charge in [0.1, 0.15) is 0 Å². The number of hydrogen-bond donors (Lipinski definition) is 1. The van der Waals surface area contributed by atoms with E-state index in [1.54, 1.807) is 0 Å². The van der Waals surface area contributed by atoms with E-state index in [1.165, 1.54) is 6.42 Å². The highest BCUT2D eigenvalue weighted by Crippen LogP contribution is 2.28. The number of piperidine rings is 1. The van der Waals surface area contributed by atoms with Crippen LogP contribution in [0, 0.1) is 0 Å². The molecule has 0 saturated carbocycles. The fourth-order valence-corrected chi connectivity index (χ4v) is 3.21. The van der Waals surface area contributed by atoms with Crippen molar-refractivity contribution >= 4 is 45.1 Å². The molecule has 0 bridgehead atoms. The van der Waals surface area contributed by atoms with Gasteiger partial charge >= 0.3 is 0 Å². The first kappa shape index (κ1) is 16.2. The number of amides is 1. The van der Waals surface area contributed by atoms with Crippen LogP contribution in [-0.2, 0) is 4.79 Å². The minimum atomic E-state index is -0.218. The number of carbonyl (C=O) groups excluding carboxylic acids is 1. The number of carbonyl (C=O) groups is 1. The molecular weight excluding hydrogens is 380 g/mol. The van der Waals surface area contributed by atoms with Crippen molar-refractivity contribution in [3.8, 4) is 5.88 Å². The molecule has 0 spiro atoms. The van der Waals surface area contributed by atoms with Crippen LogP contribution in [0.15, 0.2) is 28.7 Å². The molecule has 1 amide bonds. The van der Waals surface area contributed by atoms with Crippen LogP contribution in [0.3, 0.4) is 0 Å². The standard InChI is InChI=1S/C15H17BrN4O2S/c16-11-4-6-12(7-5-11)17-13(21)10-22-15-14(18-23-19-15)20-8-2-1-3-9-20/h4-7H,1-3,8-10H2,(H,17,21). The summed E-state index contributed by atoms with van der Waals surface area (Å²) >= 11 is 4.47. The second kappa shape index (κ2) is 7.74. The third-order valence-electron chi connectivity index (χ3n) is 3.57. The van der Waals surface area contributed by atoms with Crippen LogP contribution in [0.1, 0.15) is 19.3 Å². The average Bonchev–Trinajstić information content (AvgIpc) is 3.04. The van der Waals surface area contributed by atoms with Crippen molar-refractivity contribution < 1.29 is 9.53 Å². The predicted molar refractivity (Wildman–Crippen MR) is 94.2 cm³/mol. The van der Waals surface area contributed by atoms with Gasteiger partial charge in [-0.1, -0.05) is 15.9 Å². The fraction of sp³-hybridized carbons (Fsp3) is 0.400. The van der Waals surface area contributed by atoms with Gasteiger partial charge in [0.05, 0.1) is 11.7 Å². The Labute approximate surface area is 147 Å². The monoisotopic (exact) mass is 396 g/mol. The number of nitrogens with one attached hydrogen (secondary N) is 1. The second-order valence-corrected chi connectivity index (χ2v) is 6.73. The zero-order valence-electron chi connectivity index (χ0n) is 12.5. The average molecular weight is 397 g/mol. The Kier molecular flexibility index (Phi) is 5.45. The fourth-order valence-electron chi connectivity index (χ4n) is 2.43. The number of hydrogen-bond acceptors (Lipinski definition) is 6. The van der Waals surface area contributed by atoms with Crippen LogP contribution in [0.2, 0.25) is 0 Å². The second-order valence-electron chi connectivity index (χ2n) is 5.28. The van der Waals surface area contributed by atoms with Gasteiger partial charge in [0.25, 0.3) is 11.8 Å². The maximum Gasteiger partial charge on any atom is 0.271 e. The van der Waals surface area contributed by atoms with E-state index in [9.17, 15) is 4.79 Å². The van der Waals surface area contributed by atoms with Gasteiger partial charge in [0, 0.05) is 23.2 Å². The Morgan fingerprint density at radius 3 is 2.70 bits per heavy atom. The molecule has 23 heavy (non-hydrogen) atoms. The van der Waals surface area contributed by atoms with Crippen LogP contribution in [-0.4, -0.2) is 34.4 Å². The largest absolute Gasteiger partial charge is 0.464 e. The molecule has 1 aromatic carbocycles. The van der Waals surface area contributed by atoms with Crippen LogP contribution >= 0.6 is 27.7 Å². The minimum Gasteiger partial charge on any atom is -0.464 e. The molecule has 1 aliphatic heterocycles. The lowest BCUT2D eigenvalue weighted by atomic mass is 10.1. The molecule has 1 saturated heterocycles. The molecule has 3 rings (SSSR count). The molecule has 1 aliphatic rings. The summed E-state index contributed by atoms with van der Waals surface area (Å²) in [5.41, 5.74) is 0.731. The smallest absolute Gasteiger partial charge is 0.271 e. The van der Waals surface area contributed by atoms with E-state index in [4.69, 9.17) is 4.74 Å². The highest BCUT2D eigenvalue weighted by molar-refractivity contribution is 9.10. The molecule has 2 aromatic rings. The van der Waals surface area contributed by atoms with Crippen molar-refractivity contribution in [1.82, 2.24) is 8.75 Å². The van der Waals surface area contributed by atoms with Crippen LogP contribution < -0.4 is 15.0 Å². The van der Waals surface area contributed by atoms with Gasteiger partial charge in [-0.05, 0) is 43.5 Å². The quantitative estimate of drug-likeness (QED) is 0.839. The van der Waals surface area contributed by atoms with E-state index in [-0.39, 0.29) is 12.5 Å². The molecule has 1 fully saturated rings. The van der Waals surface area contributed by atoms with Crippen molar-refractivity contribution in [2.45, 2.75) is 19.3 Å². The Bertz CT molecular complexity index is 656. The van der Waals surface area contributed by atoms with Crippen molar-refractivity contribution in [1.29, 1.82) is 0 Å². The first-order valence-corrected chi connectivity index (χ1v) is 9.00. The highest BCUT2D eigenvalue weighted by Gasteiger charge is 2.20. The summed E-state index contributed by atoms with van der Waals surface area (Å²) in [4.78, 5) is 14.1. The molecule has 0 unspecified atom stereocenters. The first-order valence-electron chi connectivity index (χ1n) is 7.48. The van der Waals surface area contributed by atoms with Gasteiger partial charge < -0.3 is 15.0 Å². The number of anilines is 2. The number of ether oxygens (including phenoxy) is 1. The van der Waals surface area contributed by atoms with E-state index >= 15 is 0 Å². The lowest BCUT2D eigenvalue weighted by Gasteiger charge is -2.26. The van der Waals surface area contributed by atoms with Crippen molar-refractivity contribution in [3.63, 3.8) is 0 Å². The molecule has 0 radical (unpaired) electrons. The summed E-state index contributed by atoms with van der Waals surface area (Å²) in [5.74, 6) is 0.985. The Hall–Kier alpha value is -1.67. The zero-order valence-corrected chi connectivity index (χ0v) is 14.9. The Balaban J connectivity index is 1.55. The number of aromatic nitrogens is 2.